The lowest BCUT2D eigenvalue weighted by molar-refractivity contribution is -0.128. The number of amides is 1. The summed E-state index contributed by atoms with van der Waals surface area (Å²) in [5.74, 6) is 0.803. The molecular formula is C16H31N3O. The molecule has 2 rings (SSSR count). The molecule has 0 bridgehead atoms. The summed E-state index contributed by atoms with van der Waals surface area (Å²) in [4.78, 5) is 14.9. The van der Waals surface area contributed by atoms with Crippen molar-refractivity contribution < 1.29 is 4.79 Å². The van der Waals surface area contributed by atoms with Gasteiger partial charge in [0.05, 0.1) is 0 Å². The van der Waals surface area contributed by atoms with Gasteiger partial charge in [-0.25, -0.2) is 0 Å². The summed E-state index contributed by atoms with van der Waals surface area (Å²) in [7, 11) is 0. The molecule has 1 amide bonds. The molecule has 0 spiro atoms. The average molecular weight is 281 g/mol. The number of rotatable bonds is 4. The van der Waals surface area contributed by atoms with Gasteiger partial charge in [-0.15, -0.1) is 0 Å². The van der Waals surface area contributed by atoms with E-state index >= 15 is 0 Å². The lowest BCUT2D eigenvalue weighted by Gasteiger charge is -2.34. The van der Waals surface area contributed by atoms with E-state index in [4.69, 9.17) is 5.73 Å². The number of carbonyl (C=O) groups is 1. The first-order valence-electron chi connectivity index (χ1n) is 8.34. The Morgan fingerprint density at radius 2 is 2.00 bits per heavy atom. The zero-order chi connectivity index (χ0) is 14.5. The predicted molar refractivity (Wildman–Crippen MR) is 82.4 cm³/mol. The molecule has 3 N–H and O–H groups in total. The molecule has 1 heterocycles. The Labute approximate surface area is 123 Å². The van der Waals surface area contributed by atoms with E-state index in [1.54, 1.807) is 0 Å². The molecule has 1 aliphatic carbocycles. The lowest BCUT2D eigenvalue weighted by Crippen LogP contribution is -2.48. The zero-order valence-electron chi connectivity index (χ0n) is 13.1. The van der Waals surface area contributed by atoms with E-state index in [-0.39, 0.29) is 23.9 Å². The number of hydrogen-bond acceptors (Lipinski definition) is 3. The van der Waals surface area contributed by atoms with Crippen LogP contribution in [0.5, 0.6) is 0 Å². The molecule has 0 aromatic heterocycles. The standard InChI is InChI=1S/C16H31N3O/c1-12-6-7-14(17)10-15(12)16(20)18-13(2)11-19-8-4-3-5-9-19/h12-15H,3-11,17H2,1-2H3,(H,18,20). The van der Waals surface area contributed by atoms with E-state index in [1.807, 2.05) is 0 Å². The van der Waals surface area contributed by atoms with Crippen molar-refractivity contribution in [3.05, 3.63) is 0 Å². The Hall–Kier alpha value is -0.610. The summed E-state index contributed by atoms with van der Waals surface area (Å²) >= 11 is 0. The van der Waals surface area contributed by atoms with Crippen molar-refractivity contribution in [1.29, 1.82) is 0 Å². The van der Waals surface area contributed by atoms with E-state index < -0.39 is 0 Å². The summed E-state index contributed by atoms with van der Waals surface area (Å²) in [5, 5.41) is 3.21. The van der Waals surface area contributed by atoms with Gasteiger partial charge in [0.1, 0.15) is 0 Å². The minimum absolute atomic E-state index is 0.113. The highest BCUT2D eigenvalue weighted by Crippen LogP contribution is 2.29. The van der Waals surface area contributed by atoms with Crippen molar-refractivity contribution in [2.24, 2.45) is 17.6 Å². The van der Waals surface area contributed by atoms with Crippen LogP contribution in [0.25, 0.3) is 0 Å². The minimum Gasteiger partial charge on any atom is -0.352 e. The Bertz CT molecular complexity index is 315. The average Bonchev–Trinajstić information content (AvgIpc) is 2.42. The molecule has 116 valence electrons. The highest BCUT2D eigenvalue weighted by Gasteiger charge is 2.31. The highest BCUT2D eigenvalue weighted by atomic mass is 16.2. The van der Waals surface area contributed by atoms with Crippen LogP contribution in [0.4, 0.5) is 0 Å². The molecule has 1 aliphatic heterocycles. The molecule has 0 radical (unpaired) electrons. The van der Waals surface area contributed by atoms with Crippen molar-refractivity contribution in [3.8, 4) is 0 Å². The monoisotopic (exact) mass is 281 g/mol. The van der Waals surface area contributed by atoms with Crippen molar-refractivity contribution >= 4 is 5.91 Å². The first kappa shape index (κ1) is 15.8. The Morgan fingerprint density at radius 1 is 1.30 bits per heavy atom. The fraction of sp³-hybridized carbons (Fsp3) is 0.938. The number of nitrogens with zero attached hydrogens (tertiary/aromatic N) is 1. The van der Waals surface area contributed by atoms with Crippen LogP contribution in [-0.2, 0) is 4.79 Å². The van der Waals surface area contributed by atoms with Gasteiger partial charge in [0.25, 0.3) is 0 Å². The molecule has 2 fully saturated rings. The van der Waals surface area contributed by atoms with Crippen LogP contribution in [0.2, 0.25) is 0 Å². The molecule has 1 saturated carbocycles. The van der Waals surface area contributed by atoms with Crippen molar-refractivity contribution in [2.75, 3.05) is 19.6 Å². The molecule has 4 heteroatoms. The number of hydrogen-bond donors (Lipinski definition) is 2. The maximum atomic E-state index is 12.4. The minimum atomic E-state index is 0.113. The maximum absolute atomic E-state index is 12.4. The predicted octanol–water partition coefficient (Wildman–Crippen LogP) is 1.74. The molecule has 2 aliphatic rings. The van der Waals surface area contributed by atoms with Gasteiger partial charge in [0.15, 0.2) is 0 Å². The summed E-state index contributed by atoms with van der Waals surface area (Å²) in [6, 6.07) is 0.449. The van der Waals surface area contributed by atoms with E-state index in [1.165, 1.54) is 32.4 Å². The lowest BCUT2D eigenvalue weighted by atomic mass is 9.77. The van der Waals surface area contributed by atoms with Gasteiger partial charge in [0, 0.05) is 24.5 Å². The molecule has 4 nitrogen and oxygen atoms in total. The van der Waals surface area contributed by atoms with Gasteiger partial charge in [-0.2, -0.15) is 0 Å². The van der Waals surface area contributed by atoms with E-state index in [9.17, 15) is 4.79 Å². The van der Waals surface area contributed by atoms with Crippen LogP contribution in [-0.4, -0.2) is 42.5 Å². The normalized spacial score (nSPS) is 33.6. The SMILES string of the molecule is CC(CN1CCCCC1)NC(=O)C1CC(N)CCC1C. The smallest absolute Gasteiger partial charge is 0.223 e. The molecule has 0 aromatic rings. The van der Waals surface area contributed by atoms with Crippen molar-refractivity contribution in [1.82, 2.24) is 10.2 Å². The quantitative estimate of drug-likeness (QED) is 0.825. The highest BCUT2D eigenvalue weighted by molar-refractivity contribution is 5.79. The molecular weight excluding hydrogens is 250 g/mol. The number of piperidine rings is 1. The van der Waals surface area contributed by atoms with Crippen LogP contribution in [0.3, 0.4) is 0 Å². The van der Waals surface area contributed by atoms with Crippen LogP contribution in [0.1, 0.15) is 52.4 Å². The second kappa shape index (κ2) is 7.41. The van der Waals surface area contributed by atoms with E-state index in [2.05, 4.69) is 24.1 Å². The molecule has 20 heavy (non-hydrogen) atoms. The second-order valence-electron chi connectivity index (χ2n) is 6.93. The number of carbonyl (C=O) groups excluding carboxylic acids is 1. The molecule has 4 unspecified atom stereocenters. The third-order valence-corrected chi connectivity index (χ3v) is 4.94. The Morgan fingerprint density at radius 3 is 2.70 bits per heavy atom. The number of nitrogens with two attached hydrogens (primary N) is 1. The van der Waals surface area contributed by atoms with Gasteiger partial charge < -0.3 is 16.0 Å². The van der Waals surface area contributed by atoms with Gasteiger partial charge in [-0.3, -0.25) is 4.79 Å². The van der Waals surface area contributed by atoms with Crippen molar-refractivity contribution in [3.63, 3.8) is 0 Å². The summed E-state index contributed by atoms with van der Waals surface area (Å²) in [5.41, 5.74) is 6.02. The summed E-state index contributed by atoms with van der Waals surface area (Å²) in [6.45, 7) is 7.67. The van der Waals surface area contributed by atoms with E-state index in [0.717, 1.165) is 25.8 Å². The first-order valence-corrected chi connectivity index (χ1v) is 8.34. The summed E-state index contributed by atoms with van der Waals surface area (Å²) in [6.07, 6.45) is 6.95. The van der Waals surface area contributed by atoms with Crippen molar-refractivity contribution in [2.45, 2.75) is 64.5 Å². The first-order chi connectivity index (χ1) is 9.56. The Kier molecular flexibility index (Phi) is 5.85. The molecule has 1 saturated heterocycles. The van der Waals surface area contributed by atoms with Crippen LogP contribution in [0.15, 0.2) is 0 Å². The number of nitrogens with one attached hydrogen (secondary N) is 1. The van der Waals surface area contributed by atoms with Crippen LogP contribution < -0.4 is 11.1 Å². The number of likely N-dealkylation sites (tertiary alicyclic amines) is 1. The maximum Gasteiger partial charge on any atom is 0.223 e. The topological polar surface area (TPSA) is 58.4 Å². The van der Waals surface area contributed by atoms with Crippen LogP contribution >= 0.6 is 0 Å². The van der Waals surface area contributed by atoms with Gasteiger partial charge in [-0.05, 0) is 58.0 Å². The van der Waals surface area contributed by atoms with Crippen LogP contribution in [0, 0.1) is 11.8 Å². The largest absolute Gasteiger partial charge is 0.352 e. The summed E-state index contributed by atoms with van der Waals surface area (Å²) < 4.78 is 0. The fourth-order valence-corrected chi connectivity index (χ4v) is 3.64. The fourth-order valence-electron chi connectivity index (χ4n) is 3.64. The third-order valence-electron chi connectivity index (χ3n) is 4.94. The van der Waals surface area contributed by atoms with E-state index in [0.29, 0.717) is 5.92 Å². The second-order valence-corrected chi connectivity index (χ2v) is 6.93. The van der Waals surface area contributed by atoms with Gasteiger partial charge in [0.2, 0.25) is 5.91 Å². The van der Waals surface area contributed by atoms with Gasteiger partial charge in [-0.1, -0.05) is 13.3 Å². The molecule has 0 aromatic carbocycles. The third kappa shape index (κ3) is 4.45. The molecule has 4 atom stereocenters. The zero-order valence-corrected chi connectivity index (χ0v) is 13.1. The Balaban J connectivity index is 1.77. The van der Waals surface area contributed by atoms with Gasteiger partial charge >= 0.3 is 0 Å².